The highest BCUT2D eigenvalue weighted by Gasteiger charge is 2.67. The van der Waals surface area contributed by atoms with Crippen molar-refractivity contribution in [2.75, 3.05) is 5.32 Å². The SMILES string of the molecule is O=C(Nc1ccc(Cc2ccncc2)cc1)C1CCC(N2C(=O)[C@@H]3[C@@H]4C=C[C@H]([C@@H]5C[C@H]45)[C@H]3C2=O)CC1. The summed E-state index contributed by atoms with van der Waals surface area (Å²) in [5.74, 6) is 1.61. The van der Waals surface area contributed by atoms with E-state index in [0.717, 1.165) is 24.9 Å². The number of nitrogens with zero attached hydrogens (tertiary/aromatic N) is 2. The molecule has 1 saturated heterocycles. The molecule has 6 heteroatoms. The molecule has 6 aliphatic rings. The zero-order valence-electron chi connectivity index (χ0n) is 20.3. The van der Waals surface area contributed by atoms with E-state index in [1.165, 1.54) is 17.5 Å². The lowest BCUT2D eigenvalue weighted by atomic mass is 9.63. The quantitative estimate of drug-likeness (QED) is 0.512. The van der Waals surface area contributed by atoms with Gasteiger partial charge in [0.2, 0.25) is 17.7 Å². The maximum absolute atomic E-state index is 13.4. The highest BCUT2D eigenvalue weighted by molar-refractivity contribution is 6.06. The van der Waals surface area contributed by atoms with Crippen LogP contribution in [-0.2, 0) is 20.8 Å². The predicted octanol–water partition coefficient (Wildman–Crippen LogP) is 4.22. The van der Waals surface area contributed by atoms with Crippen molar-refractivity contribution in [3.8, 4) is 0 Å². The van der Waals surface area contributed by atoms with Gasteiger partial charge in [-0.3, -0.25) is 24.3 Å². The van der Waals surface area contributed by atoms with Gasteiger partial charge in [0.1, 0.15) is 0 Å². The first-order valence-corrected chi connectivity index (χ1v) is 13.4. The number of pyridine rings is 1. The normalized spacial score (nSPS) is 35.9. The van der Waals surface area contributed by atoms with E-state index in [0.29, 0.717) is 24.7 Å². The molecule has 6 nitrogen and oxygen atoms in total. The Morgan fingerprint density at radius 3 is 2.03 bits per heavy atom. The minimum absolute atomic E-state index is 0.0328. The Balaban J connectivity index is 0.950. The Hall–Kier alpha value is -3.28. The largest absolute Gasteiger partial charge is 0.326 e. The van der Waals surface area contributed by atoms with Gasteiger partial charge < -0.3 is 5.32 Å². The van der Waals surface area contributed by atoms with Crippen LogP contribution in [0.15, 0.2) is 60.9 Å². The monoisotopic (exact) mass is 481 g/mol. The summed E-state index contributed by atoms with van der Waals surface area (Å²) < 4.78 is 0. The fraction of sp³-hybridized carbons (Fsp3) is 0.467. The fourth-order valence-electron chi connectivity index (χ4n) is 7.62. The summed E-state index contributed by atoms with van der Waals surface area (Å²) in [6, 6.07) is 12.0. The van der Waals surface area contributed by atoms with Crippen molar-refractivity contribution in [2.24, 2.45) is 41.4 Å². The number of benzene rings is 1. The number of carbonyl (C=O) groups is 3. The van der Waals surface area contributed by atoms with Crippen molar-refractivity contribution in [3.63, 3.8) is 0 Å². The zero-order chi connectivity index (χ0) is 24.4. The van der Waals surface area contributed by atoms with Gasteiger partial charge in [-0.15, -0.1) is 0 Å². The number of nitrogens with one attached hydrogen (secondary N) is 1. The van der Waals surface area contributed by atoms with Crippen LogP contribution in [0.4, 0.5) is 5.69 Å². The number of likely N-dealkylation sites (tertiary alicyclic amines) is 1. The number of hydrogen-bond donors (Lipinski definition) is 1. The molecule has 5 aliphatic carbocycles. The van der Waals surface area contributed by atoms with Gasteiger partial charge in [-0.1, -0.05) is 24.3 Å². The molecule has 2 heterocycles. The lowest BCUT2D eigenvalue weighted by Gasteiger charge is -2.37. The molecule has 1 N–H and O–H groups in total. The number of amides is 3. The average Bonchev–Trinajstić information content (AvgIpc) is 3.69. The van der Waals surface area contributed by atoms with Crippen molar-refractivity contribution in [1.82, 2.24) is 9.88 Å². The molecule has 1 aromatic carbocycles. The molecule has 8 rings (SSSR count). The van der Waals surface area contributed by atoms with Crippen LogP contribution in [0, 0.1) is 41.4 Å². The first-order chi connectivity index (χ1) is 17.6. The molecule has 6 atom stereocenters. The number of carbonyl (C=O) groups excluding carboxylic acids is 3. The molecule has 3 saturated carbocycles. The third-order valence-electron chi connectivity index (χ3n) is 9.51. The molecule has 2 bridgehead atoms. The summed E-state index contributed by atoms with van der Waals surface area (Å²) in [7, 11) is 0. The van der Waals surface area contributed by atoms with E-state index >= 15 is 0 Å². The summed E-state index contributed by atoms with van der Waals surface area (Å²) in [6.45, 7) is 0. The van der Waals surface area contributed by atoms with Crippen LogP contribution in [0.2, 0.25) is 0 Å². The van der Waals surface area contributed by atoms with Crippen LogP contribution in [0.1, 0.15) is 43.2 Å². The molecule has 184 valence electrons. The van der Waals surface area contributed by atoms with E-state index in [9.17, 15) is 14.4 Å². The number of rotatable bonds is 5. The summed E-state index contributed by atoms with van der Waals surface area (Å²) >= 11 is 0. The van der Waals surface area contributed by atoms with Gasteiger partial charge in [0.15, 0.2) is 0 Å². The maximum atomic E-state index is 13.4. The third-order valence-corrected chi connectivity index (χ3v) is 9.51. The predicted molar refractivity (Wildman–Crippen MR) is 134 cm³/mol. The molecule has 1 aromatic heterocycles. The summed E-state index contributed by atoms with van der Waals surface area (Å²) in [6.07, 6.45) is 12.9. The molecule has 0 radical (unpaired) electrons. The molecule has 2 aromatic rings. The zero-order valence-corrected chi connectivity index (χ0v) is 20.3. The first kappa shape index (κ1) is 22.0. The molecule has 36 heavy (non-hydrogen) atoms. The third kappa shape index (κ3) is 3.53. The lowest BCUT2D eigenvalue weighted by molar-refractivity contribution is -0.144. The van der Waals surface area contributed by atoms with E-state index in [-0.39, 0.29) is 53.4 Å². The number of aromatic nitrogens is 1. The Labute approximate surface area is 211 Å². The number of anilines is 1. The van der Waals surface area contributed by atoms with Crippen LogP contribution in [0.3, 0.4) is 0 Å². The van der Waals surface area contributed by atoms with E-state index < -0.39 is 0 Å². The minimum Gasteiger partial charge on any atom is -0.326 e. The molecule has 0 unspecified atom stereocenters. The van der Waals surface area contributed by atoms with Crippen LogP contribution in [0.25, 0.3) is 0 Å². The van der Waals surface area contributed by atoms with Crippen molar-refractivity contribution < 1.29 is 14.4 Å². The second kappa shape index (κ2) is 8.39. The fourth-order valence-corrected chi connectivity index (χ4v) is 7.62. The molecular weight excluding hydrogens is 450 g/mol. The van der Waals surface area contributed by atoms with Gasteiger partial charge in [-0.05, 0) is 97.6 Å². The highest BCUT2D eigenvalue weighted by atomic mass is 16.2. The van der Waals surface area contributed by atoms with Crippen LogP contribution < -0.4 is 5.32 Å². The van der Waals surface area contributed by atoms with Crippen molar-refractivity contribution in [3.05, 3.63) is 72.1 Å². The van der Waals surface area contributed by atoms with Crippen LogP contribution in [-0.4, -0.2) is 33.6 Å². The van der Waals surface area contributed by atoms with E-state index in [4.69, 9.17) is 0 Å². The number of allylic oxidation sites excluding steroid dienone is 2. The van der Waals surface area contributed by atoms with E-state index in [1.54, 1.807) is 17.3 Å². The van der Waals surface area contributed by atoms with Gasteiger partial charge >= 0.3 is 0 Å². The smallest absolute Gasteiger partial charge is 0.233 e. The molecular formula is C30H31N3O3. The minimum atomic E-state index is -0.126. The Bertz CT molecular complexity index is 1200. The Morgan fingerprint density at radius 1 is 0.833 bits per heavy atom. The van der Waals surface area contributed by atoms with Gasteiger partial charge in [-0.2, -0.15) is 0 Å². The summed E-state index contributed by atoms with van der Waals surface area (Å²) in [5, 5.41) is 3.07. The molecule has 4 fully saturated rings. The van der Waals surface area contributed by atoms with Crippen molar-refractivity contribution >= 4 is 23.4 Å². The second-order valence-corrected chi connectivity index (χ2v) is 11.4. The van der Waals surface area contributed by atoms with Gasteiger partial charge in [-0.25, -0.2) is 0 Å². The molecule has 3 amide bonds. The van der Waals surface area contributed by atoms with Gasteiger partial charge in [0.05, 0.1) is 11.8 Å². The topological polar surface area (TPSA) is 79.4 Å². The molecule has 1 aliphatic heterocycles. The van der Waals surface area contributed by atoms with Crippen LogP contribution >= 0.6 is 0 Å². The number of imide groups is 1. The average molecular weight is 482 g/mol. The van der Waals surface area contributed by atoms with E-state index in [2.05, 4.69) is 22.5 Å². The number of hydrogen-bond acceptors (Lipinski definition) is 4. The molecule has 0 spiro atoms. The van der Waals surface area contributed by atoms with Crippen molar-refractivity contribution in [1.29, 1.82) is 0 Å². The van der Waals surface area contributed by atoms with E-state index in [1.807, 2.05) is 36.4 Å². The van der Waals surface area contributed by atoms with Crippen molar-refractivity contribution in [2.45, 2.75) is 44.6 Å². The summed E-state index contributed by atoms with van der Waals surface area (Å²) in [4.78, 5) is 45.4. The Kier molecular flexibility index (Phi) is 5.12. The highest BCUT2D eigenvalue weighted by Crippen LogP contribution is 2.65. The summed E-state index contributed by atoms with van der Waals surface area (Å²) in [5.41, 5.74) is 3.19. The van der Waals surface area contributed by atoms with Crippen LogP contribution in [0.5, 0.6) is 0 Å². The second-order valence-electron chi connectivity index (χ2n) is 11.4. The lowest BCUT2D eigenvalue weighted by Crippen LogP contribution is -2.44. The van der Waals surface area contributed by atoms with Gasteiger partial charge in [0.25, 0.3) is 0 Å². The first-order valence-electron chi connectivity index (χ1n) is 13.4. The van der Waals surface area contributed by atoms with Gasteiger partial charge in [0, 0.05) is 30.0 Å². The Morgan fingerprint density at radius 2 is 1.42 bits per heavy atom. The standard InChI is InChI=1S/C30H31N3O3/c34-28(32-20-5-1-17(2-6-20)15-18-11-13-31-14-12-18)19-3-7-21(8-4-19)33-29(35)26-22-9-10-23(25-16-24(22)25)27(26)30(33)36/h1-2,5-6,9-14,19,21-27H,3-4,7-8,15-16H2,(H,32,34)/t19?,21?,22-,23-,24-,25+,26-,27-/m1/s1. The maximum Gasteiger partial charge on any atom is 0.233 e.